The van der Waals surface area contributed by atoms with Gasteiger partial charge in [0.1, 0.15) is 5.82 Å². The lowest BCUT2D eigenvalue weighted by Crippen LogP contribution is -2.35. The van der Waals surface area contributed by atoms with Crippen molar-refractivity contribution in [3.05, 3.63) is 72.2 Å². The van der Waals surface area contributed by atoms with Gasteiger partial charge in [0.05, 0.1) is 10.6 Å². The molecule has 172 valence electrons. The Labute approximate surface area is 192 Å². The van der Waals surface area contributed by atoms with E-state index in [0.717, 1.165) is 60.7 Å². The fraction of sp³-hybridized carbons (Fsp3) is 0.320. The van der Waals surface area contributed by atoms with Gasteiger partial charge in [-0.15, -0.1) is 0 Å². The molecule has 2 heterocycles. The average Bonchev–Trinajstić information content (AvgIpc) is 3.25. The molecule has 33 heavy (non-hydrogen) atoms. The molecule has 0 radical (unpaired) electrons. The Bertz CT molecular complexity index is 1380. The number of halogens is 1. The Kier molecular flexibility index (Phi) is 6.14. The molecular formula is C25H26FN3O3S. The molecule has 4 aromatic rings. The van der Waals surface area contributed by atoms with Gasteiger partial charge in [-0.05, 0) is 73.9 Å². The van der Waals surface area contributed by atoms with Crippen LogP contribution in [0, 0.1) is 5.82 Å². The summed E-state index contributed by atoms with van der Waals surface area (Å²) >= 11 is 0. The second-order valence-corrected chi connectivity index (χ2v) is 10.4. The number of rotatable bonds is 7. The topological polar surface area (TPSA) is 75.4 Å². The number of piperidine rings is 1. The van der Waals surface area contributed by atoms with Gasteiger partial charge in [0.15, 0.2) is 5.58 Å². The highest BCUT2D eigenvalue weighted by molar-refractivity contribution is 7.89. The minimum atomic E-state index is -3.53. The summed E-state index contributed by atoms with van der Waals surface area (Å²) in [6.07, 6.45) is 2.63. The van der Waals surface area contributed by atoms with Crippen LogP contribution >= 0.6 is 0 Å². The summed E-state index contributed by atoms with van der Waals surface area (Å²) in [6.45, 7) is 3.06. The van der Waals surface area contributed by atoms with Gasteiger partial charge in [0, 0.05) is 23.9 Å². The first-order valence-corrected chi connectivity index (χ1v) is 12.7. The number of benzene rings is 3. The van der Waals surface area contributed by atoms with Gasteiger partial charge in [0.2, 0.25) is 10.0 Å². The molecule has 0 bridgehead atoms. The van der Waals surface area contributed by atoms with Crippen molar-refractivity contribution in [3.63, 3.8) is 0 Å². The SMILES string of the molecule is O=S(=O)(NCCCN1CCC(c2noc3cc(F)ccc23)CC1)c1ccc2ccccc2c1. The van der Waals surface area contributed by atoms with Crippen molar-refractivity contribution < 1.29 is 17.3 Å². The number of sulfonamides is 1. The molecule has 1 fully saturated rings. The van der Waals surface area contributed by atoms with Gasteiger partial charge in [-0.2, -0.15) is 0 Å². The van der Waals surface area contributed by atoms with E-state index < -0.39 is 10.0 Å². The fourth-order valence-corrected chi connectivity index (χ4v) is 5.69. The predicted molar refractivity (Wildman–Crippen MR) is 126 cm³/mol. The molecule has 0 amide bonds. The van der Waals surface area contributed by atoms with E-state index in [0.29, 0.717) is 22.9 Å². The van der Waals surface area contributed by atoms with E-state index in [2.05, 4.69) is 14.8 Å². The smallest absolute Gasteiger partial charge is 0.240 e. The van der Waals surface area contributed by atoms with Crippen molar-refractivity contribution in [1.29, 1.82) is 0 Å². The standard InChI is InChI=1S/C25H26FN3O3S/c26-21-7-9-23-24(17-21)32-28-25(23)19-10-14-29(15-11-19)13-3-12-27-33(30,31)22-8-6-18-4-1-2-5-20(18)16-22/h1-2,4-9,16-17,19,27H,3,10-15H2. The van der Waals surface area contributed by atoms with E-state index in [1.165, 1.54) is 12.1 Å². The summed E-state index contributed by atoms with van der Waals surface area (Å²) in [5.41, 5.74) is 1.40. The lowest BCUT2D eigenvalue weighted by molar-refractivity contribution is 0.208. The first kappa shape index (κ1) is 22.0. The van der Waals surface area contributed by atoms with Crippen LogP contribution in [0.1, 0.15) is 30.9 Å². The van der Waals surface area contributed by atoms with Crippen molar-refractivity contribution in [2.24, 2.45) is 0 Å². The molecule has 8 heteroatoms. The van der Waals surface area contributed by atoms with Crippen LogP contribution in [-0.4, -0.2) is 44.7 Å². The number of nitrogens with one attached hydrogen (secondary N) is 1. The van der Waals surface area contributed by atoms with Crippen molar-refractivity contribution in [2.45, 2.75) is 30.1 Å². The molecule has 0 unspecified atom stereocenters. The Morgan fingerprint density at radius 3 is 2.64 bits per heavy atom. The van der Waals surface area contributed by atoms with Crippen LogP contribution in [-0.2, 0) is 10.0 Å². The fourth-order valence-electron chi connectivity index (χ4n) is 4.58. The minimum absolute atomic E-state index is 0.291. The zero-order chi connectivity index (χ0) is 22.8. The molecule has 0 spiro atoms. The van der Waals surface area contributed by atoms with Crippen LogP contribution < -0.4 is 4.72 Å². The molecule has 6 nitrogen and oxygen atoms in total. The summed E-state index contributed by atoms with van der Waals surface area (Å²) in [5, 5.41) is 7.01. The lowest BCUT2D eigenvalue weighted by Gasteiger charge is -2.31. The summed E-state index contributed by atoms with van der Waals surface area (Å²) < 4.78 is 46.8. The minimum Gasteiger partial charge on any atom is -0.356 e. The number of likely N-dealkylation sites (tertiary alicyclic amines) is 1. The summed E-state index contributed by atoms with van der Waals surface area (Å²) in [4.78, 5) is 2.64. The van der Waals surface area contributed by atoms with Gasteiger partial charge in [-0.3, -0.25) is 0 Å². The molecule has 1 aliphatic rings. The van der Waals surface area contributed by atoms with Crippen LogP contribution in [0.2, 0.25) is 0 Å². The summed E-state index contributed by atoms with van der Waals surface area (Å²) in [7, 11) is -3.53. The molecule has 1 aromatic heterocycles. The molecule has 0 aliphatic carbocycles. The molecule has 5 rings (SSSR count). The van der Waals surface area contributed by atoms with Gasteiger partial charge >= 0.3 is 0 Å². The van der Waals surface area contributed by atoms with E-state index in [1.807, 2.05) is 30.3 Å². The van der Waals surface area contributed by atoms with Crippen LogP contribution in [0.4, 0.5) is 4.39 Å². The Balaban J connectivity index is 1.11. The lowest BCUT2D eigenvalue weighted by atomic mass is 9.91. The van der Waals surface area contributed by atoms with Crippen LogP contribution in [0.3, 0.4) is 0 Å². The first-order valence-electron chi connectivity index (χ1n) is 11.3. The Morgan fingerprint density at radius 2 is 1.82 bits per heavy atom. The monoisotopic (exact) mass is 467 g/mol. The van der Waals surface area contributed by atoms with E-state index in [4.69, 9.17) is 4.52 Å². The van der Waals surface area contributed by atoms with Gasteiger partial charge in [-0.1, -0.05) is 35.5 Å². The third-order valence-corrected chi connectivity index (χ3v) is 7.87. The molecule has 3 aromatic carbocycles. The summed E-state index contributed by atoms with van der Waals surface area (Å²) in [5.74, 6) is -0.0318. The van der Waals surface area contributed by atoms with Crippen molar-refractivity contribution in [3.8, 4) is 0 Å². The first-order chi connectivity index (χ1) is 16.0. The largest absolute Gasteiger partial charge is 0.356 e. The Morgan fingerprint density at radius 1 is 1.03 bits per heavy atom. The molecule has 0 saturated carbocycles. The second kappa shape index (κ2) is 9.21. The van der Waals surface area contributed by atoms with Gasteiger partial charge in [0.25, 0.3) is 0 Å². The number of fused-ring (bicyclic) bond motifs is 2. The molecule has 0 atom stereocenters. The quantitative estimate of drug-likeness (QED) is 0.400. The van der Waals surface area contributed by atoms with Gasteiger partial charge in [-0.25, -0.2) is 17.5 Å². The predicted octanol–water partition coefficient (Wildman–Crippen LogP) is 4.67. The van der Waals surface area contributed by atoms with Crippen molar-refractivity contribution in [2.75, 3.05) is 26.2 Å². The maximum Gasteiger partial charge on any atom is 0.240 e. The molecule has 1 N–H and O–H groups in total. The van der Waals surface area contributed by atoms with Crippen molar-refractivity contribution in [1.82, 2.24) is 14.8 Å². The van der Waals surface area contributed by atoms with Crippen LogP contribution in [0.25, 0.3) is 21.7 Å². The molecule has 1 aliphatic heterocycles. The maximum atomic E-state index is 13.4. The van der Waals surface area contributed by atoms with Crippen LogP contribution in [0.15, 0.2) is 70.1 Å². The van der Waals surface area contributed by atoms with E-state index in [1.54, 1.807) is 18.2 Å². The molecule has 1 saturated heterocycles. The van der Waals surface area contributed by atoms with Crippen molar-refractivity contribution >= 4 is 31.8 Å². The van der Waals surface area contributed by atoms with E-state index in [9.17, 15) is 12.8 Å². The van der Waals surface area contributed by atoms with Crippen LogP contribution in [0.5, 0.6) is 0 Å². The third kappa shape index (κ3) is 4.78. The number of hydrogen-bond acceptors (Lipinski definition) is 5. The Hall–Kier alpha value is -2.81. The zero-order valence-electron chi connectivity index (χ0n) is 18.2. The number of hydrogen-bond donors (Lipinski definition) is 1. The highest BCUT2D eigenvalue weighted by Crippen LogP contribution is 2.32. The zero-order valence-corrected chi connectivity index (χ0v) is 19.0. The normalized spacial score (nSPS) is 16.0. The number of nitrogens with zero attached hydrogens (tertiary/aromatic N) is 2. The summed E-state index contributed by atoms with van der Waals surface area (Å²) in [6, 6.07) is 17.5. The van der Waals surface area contributed by atoms with Gasteiger partial charge < -0.3 is 9.42 Å². The second-order valence-electron chi connectivity index (χ2n) is 8.58. The van der Waals surface area contributed by atoms with E-state index in [-0.39, 0.29) is 5.82 Å². The number of aromatic nitrogens is 1. The van der Waals surface area contributed by atoms with E-state index >= 15 is 0 Å². The average molecular weight is 468 g/mol. The molecular weight excluding hydrogens is 441 g/mol. The maximum absolute atomic E-state index is 13.4. The highest BCUT2D eigenvalue weighted by Gasteiger charge is 2.25. The highest BCUT2D eigenvalue weighted by atomic mass is 32.2. The third-order valence-electron chi connectivity index (χ3n) is 6.41.